The van der Waals surface area contributed by atoms with Gasteiger partial charge in [-0.3, -0.25) is 0 Å². The summed E-state index contributed by atoms with van der Waals surface area (Å²) in [6.45, 7) is 63.9. The minimum atomic E-state index is -3.64. The molecule has 0 amide bonds. The van der Waals surface area contributed by atoms with Crippen LogP contribution in [-0.2, 0) is 0 Å². The van der Waals surface area contributed by atoms with Crippen molar-refractivity contribution >= 4 is 107 Å². The fourth-order valence-corrected chi connectivity index (χ4v) is 126. The normalized spacial score (nSPS) is 16.8. The second-order valence-corrected chi connectivity index (χ2v) is 87.4. The first-order chi connectivity index (χ1) is 23.6. The van der Waals surface area contributed by atoms with Crippen LogP contribution >= 0.6 is 35.6 Å². The summed E-state index contributed by atoms with van der Waals surface area (Å²) in [5, 5.41) is 2.19. The molecule has 0 saturated carbocycles. The van der Waals surface area contributed by atoms with Gasteiger partial charge in [-0.25, -0.2) is 0 Å². The van der Waals surface area contributed by atoms with E-state index in [1.807, 2.05) is 18.3 Å². The van der Waals surface area contributed by atoms with E-state index in [1.165, 1.54) is 0 Å². The van der Waals surface area contributed by atoms with Gasteiger partial charge in [-0.2, -0.15) is 0 Å². The molecule has 2 aromatic carbocycles. The van der Waals surface area contributed by atoms with Crippen LogP contribution in [0.2, 0.25) is 118 Å². The first kappa shape index (κ1) is 49.3. The summed E-state index contributed by atoms with van der Waals surface area (Å²) in [4.78, 5) is 0. The van der Waals surface area contributed by atoms with Crippen molar-refractivity contribution in [2.75, 3.05) is 0 Å². The first-order valence-corrected chi connectivity index (χ1v) is 56.8. The van der Waals surface area contributed by atoms with Crippen LogP contribution in [0.25, 0.3) is 0 Å². The van der Waals surface area contributed by atoms with E-state index in [4.69, 9.17) is 0 Å². The molecule has 53 heavy (non-hydrogen) atoms. The molecule has 1 aliphatic rings. The Hall–Kier alpha value is 1.94. The summed E-state index contributed by atoms with van der Waals surface area (Å²) < 4.78 is 3.87. The predicted octanol–water partition coefficient (Wildman–Crippen LogP) is 15.8. The van der Waals surface area contributed by atoms with E-state index >= 15 is 0 Å². The van der Waals surface area contributed by atoms with E-state index in [0.717, 1.165) is 15.5 Å². The van der Waals surface area contributed by atoms with Gasteiger partial charge in [0.1, 0.15) is 0 Å². The van der Waals surface area contributed by atoms with Gasteiger partial charge in [-0.15, -0.1) is 0 Å². The average Bonchev–Trinajstić information content (AvgIpc) is 3.37. The molecule has 0 atom stereocenters. The van der Waals surface area contributed by atoms with E-state index in [2.05, 4.69) is 219 Å². The molecule has 1 fully saturated rings. The Balaban J connectivity index is 2.95. The van der Waals surface area contributed by atoms with Crippen molar-refractivity contribution in [3.8, 4) is 0 Å². The van der Waals surface area contributed by atoms with Crippen molar-refractivity contribution in [1.29, 1.82) is 0 Å². The molecule has 1 heterocycles. The van der Waals surface area contributed by atoms with E-state index < -0.39 is 64.1 Å². The van der Waals surface area contributed by atoms with Crippen LogP contribution in [0.1, 0.15) is 108 Å². The second-order valence-electron chi connectivity index (χ2n) is 24.0. The van der Waals surface area contributed by atoms with Crippen LogP contribution in [0, 0.1) is 0 Å². The van der Waals surface area contributed by atoms with E-state index in [-0.39, 0.29) is 0 Å². The Labute approximate surface area is 353 Å². The molecule has 0 radical (unpaired) electrons. The van der Waals surface area contributed by atoms with Crippen molar-refractivity contribution < 1.29 is 0 Å². The molecule has 0 aromatic heterocycles. The maximum absolute atomic E-state index is 3.64. The average molecular weight is 1000 g/mol. The molecule has 3 rings (SSSR count). The van der Waals surface area contributed by atoms with Gasteiger partial charge < -0.3 is 0 Å². The molecule has 2 aromatic rings. The summed E-state index contributed by atoms with van der Waals surface area (Å²) in [5.41, 5.74) is 10.5. The number of hydrogen-bond donors (Lipinski definition) is 0. The van der Waals surface area contributed by atoms with Gasteiger partial charge in [0, 0.05) is 0 Å². The van der Waals surface area contributed by atoms with Gasteiger partial charge in [0.15, 0.2) is 0 Å². The first-order valence-electron chi connectivity index (χ1n) is 20.6. The van der Waals surface area contributed by atoms with Crippen LogP contribution in [0.15, 0.2) is 24.3 Å². The zero-order chi connectivity index (χ0) is 41.2. The Morgan fingerprint density at radius 2 is 0.623 bits per heavy atom. The predicted molar refractivity (Wildman–Crippen MR) is 279 cm³/mol. The molecule has 302 valence electrons. The van der Waals surface area contributed by atoms with Crippen LogP contribution < -0.4 is 7.16 Å². The third-order valence-electron chi connectivity index (χ3n) is 11.5. The molecular weight excluding hydrogens is 920 g/mol. The molecule has 0 bridgehead atoms. The van der Waals surface area contributed by atoms with Gasteiger partial charge in [-0.05, 0) is 0 Å². The van der Waals surface area contributed by atoms with Gasteiger partial charge in [0.25, 0.3) is 0 Å². The zero-order valence-electron chi connectivity index (χ0n) is 38.9. The second kappa shape index (κ2) is 17.1. The third-order valence-corrected chi connectivity index (χ3v) is 88.5. The van der Waals surface area contributed by atoms with E-state index in [1.54, 1.807) is 22.3 Å². The Kier molecular flexibility index (Phi) is 15.9. The molecule has 11 heteroatoms. The topological polar surface area (TPSA) is 0 Å². The van der Waals surface area contributed by atoms with Gasteiger partial charge in [0.2, 0.25) is 0 Å². The van der Waals surface area contributed by atoms with Gasteiger partial charge >= 0.3 is 357 Å². The summed E-state index contributed by atoms with van der Waals surface area (Å²) in [6.07, 6.45) is 0. The van der Waals surface area contributed by atoms with Crippen molar-refractivity contribution in [3.05, 3.63) is 57.6 Å². The fourth-order valence-electron chi connectivity index (χ4n) is 11.2. The monoisotopic (exact) mass is 1000 g/mol. The fraction of sp³-hybridized carbons (Fsp3) is 0.714. The Morgan fingerprint density at radius 3 is 0.868 bits per heavy atom. The number of benzene rings is 2. The molecule has 0 unspecified atom stereocenters. The SMILES string of the molecule is CC(C)c1cc(C(C)C)[c]([Sn]2([c]3c(C([Si](C)(C)C)[Si](C)(C)C)cc(C([Si](C)(C)C)[Si](C)(C)C)cc3C([Si](C)(C)C)[Si](C)(C)C)[S]SS[S]2)c(C(C)C)c1. The maximum atomic E-state index is 2.99. The van der Waals surface area contributed by atoms with Crippen molar-refractivity contribution in [2.45, 2.75) is 193 Å². The quantitative estimate of drug-likeness (QED) is 0.137. The molecular formula is C42H82S4Si6Sn. The van der Waals surface area contributed by atoms with Crippen molar-refractivity contribution in [1.82, 2.24) is 0 Å². The minimum absolute atomic E-state index is 0.510. The van der Waals surface area contributed by atoms with Crippen LogP contribution in [0.4, 0.5) is 0 Å². The molecule has 1 saturated heterocycles. The van der Waals surface area contributed by atoms with Crippen molar-refractivity contribution in [2.24, 2.45) is 0 Å². The molecule has 1 aliphatic heterocycles. The van der Waals surface area contributed by atoms with E-state index in [9.17, 15) is 0 Å². The summed E-state index contributed by atoms with van der Waals surface area (Å²) in [6, 6.07) is 11.4. The van der Waals surface area contributed by atoms with Crippen LogP contribution in [-0.4, -0.2) is 64.1 Å². The number of hydrogen-bond acceptors (Lipinski definition) is 4. The third kappa shape index (κ3) is 11.0. The number of rotatable bonds is 14. The van der Waals surface area contributed by atoms with Crippen molar-refractivity contribution in [3.63, 3.8) is 0 Å². The molecule has 0 aliphatic carbocycles. The Morgan fingerprint density at radius 1 is 0.358 bits per heavy atom. The summed E-state index contributed by atoms with van der Waals surface area (Å²) in [7, 11) is -0.569. The van der Waals surface area contributed by atoms with Gasteiger partial charge in [0.05, 0.1) is 0 Å². The standard InChI is InChI=1S/C27H59Si6.C15H23.H2S4.Sn/c1-28(2,3)25(29(4,5)6)22-19-23(26(30(7,8)9)31(10,11)12)21-24(20-22)27(32(13,14)15)33(16,17)18;1-10(2)13-7-14(11(3)4)9-15(8-13)12(5)6;1-3-4-2;/h19-20,25-27H,1-18H3;7-8,10-12H,1-6H3;1-2H;/q;;;+2/p-2. The summed E-state index contributed by atoms with van der Waals surface area (Å²) in [5.74, 6) is 1.56. The van der Waals surface area contributed by atoms with Crippen LogP contribution in [0.5, 0.6) is 0 Å². The molecule has 0 N–H and O–H groups in total. The van der Waals surface area contributed by atoms with Crippen LogP contribution in [0.3, 0.4) is 0 Å². The van der Waals surface area contributed by atoms with E-state index in [0.29, 0.717) is 17.8 Å². The molecule has 0 spiro atoms. The Bertz CT molecular complexity index is 1470. The zero-order valence-corrected chi connectivity index (χ0v) is 51.0. The van der Waals surface area contributed by atoms with Gasteiger partial charge in [-0.1, -0.05) is 0 Å². The summed E-state index contributed by atoms with van der Waals surface area (Å²) >= 11 is -3.64. The molecule has 0 nitrogen and oxygen atoms in total.